The highest BCUT2D eigenvalue weighted by molar-refractivity contribution is 6.65. The fourth-order valence-electron chi connectivity index (χ4n) is 0.928. The monoisotopic (exact) mass is 179 g/mol. The van der Waals surface area contributed by atoms with Crippen molar-refractivity contribution >= 4 is 28.5 Å². The largest absolute Gasteiger partial charge is 0.241 e. The molecule has 1 aromatic carbocycles. The van der Waals surface area contributed by atoms with Gasteiger partial charge in [-0.05, 0) is 18.6 Å². The average Bonchev–Trinajstić information content (AvgIpc) is 2.04. The summed E-state index contributed by atoms with van der Waals surface area (Å²) in [5.41, 5.74) is 1.86. The van der Waals surface area contributed by atoms with Gasteiger partial charge in [0.15, 0.2) is 0 Å². The smallest absolute Gasteiger partial charge is 0.103 e. The lowest BCUT2D eigenvalue weighted by atomic mass is 10.2. The van der Waals surface area contributed by atoms with E-state index in [2.05, 4.69) is 11.6 Å². The molecule has 12 heavy (non-hydrogen) atoms. The van der Waals surface area contributed by atoms with Gasteiger partial charge in [-0.2, -0.15) is 0 Å². The van der Waals surface area contributed by atoms with Gasteiger partial charge in [0.25, 0.3) is 0 Å². The molecular weight excluding hydrogens is 170 g/mol. The van der Waals surface area contributed by atoms with Crippen LogP contribution in [0.25, 0.3) is 6.08 Å². The van der Waals surface area contributed by atoms with Crippen LogP contribution in [0, 0.1) is 0 Å². The summed E-state index contributed by atoms with van der Waals surface area (Å²) in [6.07, 6.45) is 1.76. The molecule has 0 atom stereocenters. The van der Waals surface area contributed by atoms with Crippen molar-refractivity contribution < 1.29 is 0 Å². The highest BCUT2D eigenvalue weighted by Crippen LogP contribution is 2.19. The second-order valence-electron chi connectivity index (χ2n) is 2.37. The predicted molar refractivity (Wildman–Crippen MR) is 55.2 cm³/mol. The minimum absolute atomic E-state index is 0.532. The first-order valence-electron chi connectivity index (χ1n) is 3.66. The van der Waals surface area contributed by atoms with Crippen molar-refractivity contribution in [1.82, 2.24) is 0 Å². The van der Waals surface area contributed by atoms with Gasteiger partial charge in [0.1, 0.15) is 5.17 Å². The summed E-state index contributed by atoms with van der Waals surface area (Å²) in [5.74, 6) is 0. The minimum atomic E-state index is 0.532. The topological polar surface area (TPSA) is 12.4 Å². The molecule has 0 amide bonds. The van der Waals surface area contributed by atoms with Gasteiger partial charge >= 0.3 is 0 Å². The Balaban J connectivity index is 3.14. The second-order valence-corrected chi connectivity index (χ2v) is 2.92. The summed E-state index contributed by atoms with van der Waals surface area (Å²) in [7, 11) is 0. The number of benzene rings is 1. The lowest BCUT2D eigenvalue weighted by Gasteiger charge is -1.98. The Bertz CT molecular complexity index is 311. The van der Waals surface area contributed by atoms with E-state index in [4.69, 9.17) is 11.6 Å². The summed E-state index contributed by atoms with van der Waals surface area (Å²) >= 11 is 5.66. The van der Waals surface area contributed by atoms with Crippen LogP contribution in [0.1, 0.15) is 12.5 Å². The first kappa shape index (κ1) is 9.01. The van der Waals surface area contributed by atoms with Crippen LogP contribution >= 0.6 is 11.6 Å². The third kappa shape index (κ3) is 2.21. The first-order valence-corrected chi connectivity index (χ1v) is 4.04. The number of hydrogen-bond donors (Lipinski definition) is 0. The molecule has 1 nitrogen and oxygen atoms in total. The fraction of sp³-hybridized carbons (Fsp3) is 0.100. The molecule has 62 valence electrons. The summed E-state index contributed by atoms with van der Waals surface area (Å²) in [6.45, 7) is 5.44. The van der Waals surface area contributed by atoms with Gasteiger partial charge in [0.2, 0.25) is 0 Å². The van der Waals surface area contributed by atoms with E-state index >= 15 is 0 Å². The average molecular weight is 180 g/mol. The highest BCUT2D eigenvalue weighted by Gasteiger charge is 1.94. The standard InChI is InChI=1S/C10H10ClN/c1-3-9-6-4-5-7-10(9)12-8(2)11/h3-7H,1H2,2H3. The van der Waals surface area contributed by atoms with Crippen molar-refractivity contribution in [3.63, 3.8) is 0 Å². The van der Waals surface area contributed by atoms with Crippen LogP contribution in [0.5, 0.6) is 0 Å². The molecular formula is C10H10ClN. The van der Waals surface area contributed by atoms with E-state index in [0.29, 0.717) is 5.17 Å². The van der Waals surface area contributed by atoms with E-state index in [0.717, 1.165) is 11.3 Å². The van der Waals surface area contributed by atoms with Crippen molar-refractivity contribution in [2.24, 2.45) is 4.99 Å². The van der Waals surface area contributed by atoms with E-state index < -0.39 is 0 Å². The van der Waals surface area contributed by atoms with Gasteiger partial charge < -0.3 is 0 Å². The van der Waals surface area contributed by atoms with Crippen LogP contribution in [0.3, 0.4) is 0 Å². The molecule has 0 aliphatic rings. The Morgan fingerprint density at radius 3 is 2.75 bits per heavy atom. The Morgan fingerprint density at radius 1 is 1.50 bits per heavy atom. The Kier molecular flexibility index (Phi) is 3.06. The maximum absolute atomic E-state index is 5.66. The van der Waals surface area contributed by atoms with Crippen LogP contribution in [0.2, 0.25) is 0 Å². The van der Waals surface area contributed by atoms with Gasteiger partial charge in [-0.1, -0.05) is 42.5 Å². The second kappa shape index (κ2) is 4.07. The molecule has 2 heteroatoms. The van der Waals surface area contributed by atoms with Crippen LogP contribution in [-0.2, 0) is 0 Å². The Hall–Kier alpha value is -1.08. The number of rotatable bonds is 2. The van der Waals surface area contributed by atoms with Gasteiger partial charge in [-0.25, -0.2) is 4.99 Å². The van der Waals surface area contributed by atoms with Gasteiger partial charge in [-0.15, -0.1) is 0 Å². The molecule has 0 heterocycles. The van der Waals surface area contributed by atoms with Crippen LogP contribution in [0.4, 0.5) is 5.69 Å². The van der Waals surface area contributed by atoms with Gasteiger partial charge in [0, 0.05) is 0 Å². The third-order valence-electron chi connectivity index (χ3n) is 1.43. The molecule has 0 saturated carbocycles. The summed E-state index contributed by atoms with van der Waals surface area (Å²) in [4.78, 5) is 4.14. The van der Waals surface area contributed by atoms with Crippen molar-refractivity contribution in [2.75, 3.05) is 0 Å². The molecule has 0 fully saturated rings. The van der Waals surface area contributed by atoms with Crippen molar-refractivity contribution in [2.45, 2.75) is 6.92 Å². The lowest BCUT2D eigenvalue weighted by Crippen LogP contribution is -1.77. The number of nitrogens with zero attached hydrogens (tertiary/aromatic N) is 1. The zero-order valence-electron chi connectivity index (χ0n) is 6.92. The molecule has 0 aliphatic heterocycles. The first-order chi connectivity index (χ1) is 5.74. The Labute approximate surface area is 77.4 Å². The van der Waals surface area contributed by atoms with Crippen molar-refractivity contribution in [1.29, 1.82) is 0 Å². The van der Waals surface area contributed by atoms with Gasteiger partial charge in [-0.3, -0.25) is 0 Å². The molecule has 0 N–H and O–H groups in total. The molecule has 0 bridgehead atoms. The number of para-hydroxylation sites is 1. The molecule has 0 unspecified atom stereocenters. The summed E-state index contributed by atoms with van der Waals surface area (Å²) in [6, 6.07) is 7.72. The van der Waals surface area contributed by atoms with Crippen molar-refractivity contribution in [3.05, 3.63) is 36.4 Å². The maximum Gasteiger partial charge on any atom is 0.103 e. The predicted octanol–water partition coefficient (Wildman–Crippen LogP) is 3.62. The highest BCUT2D eigenvalue weighted by atomic mass is 35.5. The van der Waals surface area contributed by atoms with E-state index in [9.17, 15) is 0 Å². The number of hydrogen-bond acceptors (Lipinski definition) is 1. The zero-order chi connectivity index (χ0) is 8.97. The number of aliphatic imine (C=N–C) groups is 1. The van der Waals surface area contributed by atoms with Crippen molar-refractivity contribution in [3.8, 4) is 0 Å². The molecule has 0 aromatic heterocycles. The summed E-state index contributed by atoms with van der Waals surface area (Å²) < 4.78 is 0. The molecule has 1 aromatic rings. The fourth-order valence-corrected chi connectivity index (χ4v) is 1.02. The van der Waals surface area contributed by atoms with Crippen LogP contribution in [0.15, 0.2) is 35.8 Å². The van der Waals surface area contributed by atoms with Crippen LogP contribution < -0.4 is 0 Å². The van der Waals surface area contributed by atoms with E-state index in [-0.39, 0.29) is 0 Å². The van der Waals surface area contributed by atoms with E-state index in [1.54, 1.807) is 13.0 Å². The maximum atomic E-state index is 5.66. The lowest BCUT2D eigenvalue weighted by molar-refractivity contribution is 1.50. The summed E-state index contributed by atoms with van der Waals surface area (Å²) in [5, 5.41) is 0.532. The SMILES string of the molecule is C=Cc1ccccc1N=C(C)Cl. The normalized spacial score (nSPS) is 11.3. The van der Waals surface area contributed by atoms with E-state index in [1.807, 2.05) is 24.3 Å². The zero-order valence-corrected chi connectivity index (χ0v) is 7.67. The molecule has 1 rings (SSSR count). The molecule has 0 saturated heterocycles. The van der Waals surface area contributed by atoms with E-state index in [1.165, 1.54) is 0 Å². The minimum Gasteiger partial charge on any atom is -0.241 e. The van der Waals surface area contributed by atoms with Gasteiger partial charge in [0.05, 0.1) is 5.69 Å². The third-order valence-corrected chi connectivity index (χ3v) is 1.52. The molecule has 0 radical (unpaired) electrons. The molecule has 0 spiro atoms. The van der Waals surface area contributed by atoms with Crippen LogP contribution in [-0.4, -0.2) is 5.17 Å². The Morgan fingerprint density at radius 2 is 2.17 bits per heavy atom. The number of halogens is 1. The molecule has 0 aliphatic carbocycles. The quantitative estimate of drug-likeness (QED) is 0.615.